The third kappa shape index (κ3) is 4.29. The average molecular weight is 450 g/mol. The molecule has 0 N–H and O–H groups in total. The number of nitriles is 1. The molecule has 1 amide bonds. The molecule has 0 saturated carbocycles. The van der Waals surface area contributed by atoms with E-state index in [0.717, 1.165) is 4.31 Å². The Hall–Kier alpha value is -3.83. The minimum absolute atomic E-state index is 0.0148. The summed E-state index contributed by atoms with van der Waals surface area (Å²) in [4.78, 5) is 14.6. The number of sulfonamides is 1. The lowest BCUT2D eigenvalue weighted by Crippen LogP contribution is -2.29. The summed E-state index contributed by atoms with van der Waals surface area (Å²) in [5.74, 6) is 0.0358. The van der Waals surface area contributed by atoms with Gasteiger partial charge in [-0.15, -0.1) is 0 Å². The van der Waals surface area contributed by atoms with Gasteiger partial charge in [-0.2, -0.15) is 5.26 Å². The van der Waals surface area contributed by atoms with Crippen LogP contribution in [0.3, 0.4) is 0 Å². The number of ether oxygens (including phenoxy) is 1. The van der Waals surface area contributed by atoms with Crippen LogP contribution >= 0.6 is 0 Å². The summed E-state index contributed by atoms with van der Waals surface area (Å²) in [5.41, 5.74) is 2.23. The van der Waals surface area contributed by atoms with Crippen molar-refractivity contribution in [1.29, 1.82) is 5.26 Å². The number of aryl methyl sites for hydroxylation is 1. The van der Waals surface area contributed by atoms with E-state index in [1.165, 1.54) is 31.2 Å². The van der Waals surface area contributed by atoms with Gasteiger partial charge in [-0.05, 0) is 55.0 Å². The molecule has 0 saturated heterocycles. The summed E-state index contributed by atoms with van der Waals surface area (Å²) < 4.78 is 33.1. The zero-order valence-corrected chi connectivity index (χ0v) is 19.1. The van der Waals surface area contributed by atoms with Gasteiger partial charge in [-0.3, -0.25) is 9.10 Å². The lowest BCUT2D eigenvalue weighted by Gasteiger charge is -2.23. The molecule has 7 nitrogen and oxygen atoms in total. The van der Waals surface area contributed by atoms with Crippen LogP contribution < -0.4 is 13.9 Å². The number of para-hydroxylation sites is 2. The third-order valence-corrected chi connectivity index (χ3v) is 6.96. The Balaban J connectivity index is 2.00. The predicted molar refractivity (Wildman–Crippen MR) is 124 cm³/mol. The highest BCUT2D eigenvalue weighted by atomic mass is 32.2. The Kier molecular flexibility index (Phi) is 6.51. The second-order valence-corrected chi connectivity index (χ2v) is 9.12. The average Bonchev–Trinajstić information content (AvgIpc) is 2.82. The highest BCUT2D eigenvalue weighted by Gasteiger charge is 2.26. The first-order valence-corrected chi connectivity index (χ1v) is 11.2. The number of carbonyl (C=O) groups is 1. The van der Waals surface area contributed by atoms with Crippen LogP contribution in [0.15, 0.2) is 71.6 Å². The van der Waals surface area contributed by atoms with Crippen LogP contribution in [-0.2, 0) is 10.0 Å². The highest BCUT2D eigenvalue weighted by Crippen LogP contribution is 2.31. The van der Waals surface area contributed by atoms with E-state index in [4.69, 9.17) is 10.00 Å². The van der Waals surface area contributed by atoms with Crippen molar-refractivity contribution in [2.24, 2.45) is 0 Å². The van der Waals surface area contributed by atoms with E-state index in [0.29, 0.717) is 28.3 Å². The molecule has 164 valence electrons. The Morgan fingerprint density at radius 3 is 2.41 bits per heavy atom. The van der Waals surface area contributed by atoms with E-state index in [1.54, 1.807) is 68.6 Å². The van der Waals surface area contributed by atoms with Crippen LogP contribution in [0, 0.1) is 18.3 Å². The van der Waals surface area contributed by atoms with Gasteiger partial charge in [0.05, 0.1) is 29.3 Å². The Bertz CT molecular complexity index is 1310. The summed E-state index contributed by atoms with van der Waals surface area (Å²) >= 11 is 0. The van der Waals surface area contributed by atoms with E-state index < -0.39 is 10.0 Å². The number of amides is 1. The molecule has 0 bridgehead atoms. The van der Waals surface area contributed by atoms with Crippen molar-refractivity contribution in [2.75, 3.05) is 30.4 Å². The van der Waals surface area contributed by atoms with E-state index in [2.05, 4.69) is 0 Å². The molecule has 0 unspecified atom stereocenters. The molecule has 0 aliphatic carbocycles. The number of hydrogen-bond donors (Lipinski definition) is 0. The van der Waals surface area contributed by atoms with Crippen molar-refractivity contribution in [3.63, 3.8) is 0 Å². The zero-order valence-electron chi connectivity index (χ0n) is 18.2. The van der Waals surface area contributed by atoms with Gasteiger partial charge in [-0.1, -0.05) is 24.3 Å². The fourth-order valence-corrected chi connectivity index (χ4v) is 4.48. The fourth-order valence-electron chi connectivity index (χ4n) is 3.25. The predicted octanol–water partition coefficient (Wildman–Crippen LogP) is 3.98. The smallest absolute Gasteiger partial charge is 0.264 e. The number of methoxy groups -OCH3 is 1. The van der Waals surface area contributed by atoms with Gasteiger partial charge in [-0.25, -0.2) is 8.42 Å². The number of benzene rings is 3. The third-order valence-electron chi connectivity index (χ3n) is 5.19. The topological polar surface area (TPSA) is 90.7 Å². The van der Waals surface area contributed by atoms with Crippen molar-refractivity contribution >= 4 is 27.3 Å². The normalized spacial score (nSPS) is 10.8. The minimum Gasteiger partial charge on any atom is -0.495 e. The van der Waals surface area contributed by atoms with E-state index in [1.807, 2.05) is 6.07 Å². The first-order chi connectivity index (χ1) is 15.2. The van der Waals surface area contributed by atoms with Crippen molar-refractivity contribution in [2.45, 2.75) is 11.8 Å². The molecule has 3 aromatic rings. The van der Waals surface area contributed by atoms with Crippen LogP contribution in [0.2, 0.25) is 0 Å². The summed E-state index contributed by atoms with van der Waals surface area (Å²) in [7, 11) is 0.535. The van der Waals surface area contributed by atoms with Crippen molar-refractivity contribution in [1.82, 2.24) is 0 Å². The largest absolute Gasteiger partial charge is 0.495 e. The number of anilines is 2. The van der Waals surface area contributed by atoms with Gasteiger partial charge < -0.3 is 9.64 Å². The lowest BCUT2D eigenvalue weighted by molar-refractivity contribution is 0.0992. The molecule has 0 atom stereocenters. The molecule has 3 aromatic carbocycles. The molecule has 0 aliphatic heterocycles. The van der Waals surface area contributed by atoms with Crippen molar-refractivity contribution in [3.8, 4) is 11.8 Å². The number of hydrogen-bond acceptors (Lipinski definition) is 5. The molecular weight excluding hydrogens is 426 g/mol. The van der Waals surface area contributed by atoms with E-state index in [9.17, 15) is 13.2 Å². The first kappa shape index (κ1) is 22.8. The van der Waals surface area contributed by atoms with Gasteiger partial charge in [0.1, 0.15) is 5.75 Å². The van der Waals surface area contributed by atoms with Crippen molar-refractivity contribution < 1.29 is 17.9 Å². The maximum Gasteiger partial charge on any atom is 0.264 e. The van der Waals surface area contributed by atoms with E-state index in [-0.39, 0.29) is 16.4 Å². The molecule has 3 rings (SSSR count). The van der Waals surface area contributed by atoms with Crippen LogP contribution in [0.5, 0.6) is 5.75 Å². The zero-order chi connectivity index (χ0) is 23.5. The molecule has 0 aromatic heterocycles. The molecule has 0 radical (unpaired) electrons. The summed E-state index contributed by atoms with van der Waals surface area (Å²) in [6.45, 7) is 1.74. The first-order valence-electron chi connectivity index (χ1n) is 9.71. The number of carbonyl (C=O) groups excluding carboxylic acids is 1. The summed E-state index contributed by atoms with van der Waals surface area (Å²) in [6.07, 6.45) is 0. The van der Waals surface area contributed by atoms with Crippen molar-refractivity contribution in [3.05, 3.63) is 83.4 Å². The Labute approximate surface area is 188 Å². The maximum atomic E-state index is 13.3. The summed E-state index contributed by atoms with van der Waals surface area (Å²) in [5, 5.41) is 9.12. The maximum absolute atomic E-state index is 13.3. The number of nitrogens with zero attached hydrogens (tertiary/aromatic N) is 3. The fraction of sp³-hybridized carbons (Fsp3) is 0.167. The molecule has 0 heterocycles. The molecular formula is C24H23N3O4S. The molecule has 0 spiro atoms. The van der Waals surface area contributed by atoms with E-state index >= 15 is 0 Å². The summed E-state index contributed by atoms with van der Waals surface area (Å²) in [6, 6.07) is 19.9. The van der Waals surface area contributed by atoms with Gasteiger partial charge >= 0.3 is 0 Å². The lowest BCUT2D eigenvalue weighted by atomic mass is 10.1. The molecule has 0 fully saturated rings. The van der Waals surface area contributed by atoms with Gasteiger partial charge in [0.2, 0.25) is 0 Å². The second-order valence-electron chi connectivity index (χ2n) is 7.15. The van der Waals surface area contributed by atoms with Gasteiger partial charge in [0.15, 0.2) is 0 Å². The SMILES string of the molecule is COc1ccccc1N(C)S(=O)(=O)c1ccc(C)c(C(=O)N(C)c2cccc(C#N)c2)c1. The molecule has 32 heavy (non-hydrogen) atoms. The second kappa shape index (κ2) is 9.12. The van der Waals surface area contributed by atoms with Crippen LogP contribution in [0.4, 0.5) is 11.4 Å². The van der Waals surface area contributed by atoms with Crippen LogP contribution in [0.25, 0.3) is 0 Å². The molecule has 0 aliphatic rings. The highest BCUT2D eigenvalue weighted by molar-refractivity contribution is 7.92. The van der Waals surface area contributed by atoms with Crippen LogP contribution in [0.1, 0.15) is 21.5 Å². The number of rotatable bonds is 6. The van der Waals surface area contributed by atoms with Crippen LogP contribution in [-0.4, -0.2) is 35.5 Å². The standard InChI is InChI=1S/C24H23N3O4S/c1-17-12-13-20(32(29,30)27(3)22-10-5-6-11-23(22)31-4)15-21(17)24(28)26(2)19-9-7-8-18(14-19)16-25/h5-15H,1-4H3. The Morgan fingerprint density at radius 1 is 1.00 bits per heavy atom. The van der Waals surface area contributed by atoms with Gasteiger partial charge in [0, 0.05) is 25.3 Å². The molecule has 8 heteroatoms. The monoisotopic (exact) mass is 449 g/mol. The minimum atomic E-state index is -3.96. The Morgan fingerprint density at radius 2 is 1.72 bits per heavy atom. The quantitative estimate of drug-likeness (QED) is 0.568. The van der Waals surface area contributed by atoms with Gasteiger partial charge in [0.25, 0.3) is 15.9 Å².